The van der Waals surface area contributed by atoms with Gasteiger partial charge in [0.05, 0.1) is 25.6 Å². The van der Waals surface area contributed by atoms with Crippen LogP contribution in [0, 0.1) is 0 Å². The summed E-state index contributed by atoms with van der Waals surface area (Å²) in [5.74, 6) is 2.06. The number of hydrogen-bond donors (Lipinski definition) is 1. The topological polar surface area (TPSA) is 75.5 Å². The SMILES string of the molecule is COc1ccc(NC(=O)N2CCC3(CC2)N=C(SCc2ccccc2)C(c2ccccc2)=N3)c(OC)c1. The van der Waals surface area contributed by atoms with Crippen molar-refractivity contribution in [2.75, 3.05) is 32.6 Å². The number of carbonyl (C=O) groups is 1. The minimum atomic E-state index is -0.529. The molecule has 2 heterocycles. The van der Waals surface area contributed by atoms with Crippen molar-refractivity contribution in [3.05, 3.63) is 90.0 Å². The molecule has 2 amide bonds. The molecule has 1 N–H and O–H groups in total. The summed E-state index contributed by atoms with van der Waals surface area (Å²) in [5, 5.41) is 3.94. The van der Waals surface area contributed by atoms with Crippen molar-refractivity contribution < 1.29 is 14.3 Å². The molecule has 0 saturated carbocycles. The van der Waals surface area contributed by atoms with Gasteiger partial charge in [0.15, 0.2) is 5.66 Å². The summed E-state index contributed by atoms with van der Waals surface area (Å²) in [7, 11) is 3.17. The van der Waals surface area contributed by atoms with Gasteiger partial charge < -0.3 is 19.7 Å². The van der Waals surface area contributed by atoms with E-state index in [1.165, 1.54) is 5.56 Å². The van der Waals surface area contributed by atoms with E-state index in [1.807, 2.05) is 29.2 Å². The highest BCUT2D eigenvalue weighted by atomic mass is 32.2. The van der Waals surface area contributed by atoms with Gasteiger partial charge in [-0.2, -0.15) is 0 Å². The van der Waals surface area contributed by atoms with E-state index in [0.717, 1.165) is 22.1 Å². The lowest BCUT2D eigenvalue weighted by Gasteiger charge is -2.35. The quantitative estimate of drug-likeness (QED) is 0.447. The van der Waals surface area contributed by atoms with Crippen molar-refractivity contribution in [1.82, 2.24) is 4.90 Å². The minimum absolute atomic E-state index is 0.161. The Morgan fingerprint density at radius 1 is 0.946 bits per heavy atom. The number of likely N-dealkylation sites (tertiary alicyclic amines) is 1. The van der Waals surface area contributed by atoms with Crippen LogP contribution < -0.4 is 14.8 Å². The first-order valence-corrected chi connectivity index (χ1v) is 13.3. The third-order valence-corrected chi connectivity index (χ3v) is 7.64. The number of rotatable bonds is 6. The van der Waals surface area contributed by atoms with Crippen LogP contribution in [0.3, 0.4) is 0 Å². The van der Waals surface area contributed by atoms with Gasteiger partial charge in [-0.1, -0.05) is 72.4 Å². The van der Waals surface area contributed by atoms with Gasteiger partial charge in [0.2, 0.25) is 0 Å². The Morgan fingerprint density at radius 2 is 1.65 bits per heavy atom. The molecular weight excluding hydrogens is 484 g/mol. The van der Waals surface area contributed by atoms with Gasteiger partial charge in [0.1, 0.15) is 16.5 Å². The largest absolute Gasteiger partial charge is 0.497 e. The number of amides is 2. The lowest BCUT2D eigenvalue weighted by atomic mass is 9.98. The number of nitrogens with one attached hydrogen (secondary N) is 1. The average molecular weight is 515 g/mol. The molecule has 37 heavy (non-hydrogen) atoms. The number of anilines is 1. The second-order valence-corrected chi connectivity index (χ2v) is 9.95. The third kappa shape index (κ3) is 5.64. The Labute approximate surface area is 221 Å². The molecule has 2 aliphatic heterocycles. The molecule has 0 aromatic heterocycles. The van der Waals surface area contributed by atoms with Crippen LogP contribution in [0.5, 0.6) is 11.5 Å². The summed E-state index contributed by atoms with van der Waals surface area (Å²) in [5.41, 5.74) is 3.35. The number of ether oxygens (including phenoxy) is 2. The van der Waals surface area contributed by atoms with E-state index in [1.54, 1.807) is 44.2 Å². The molecule has 0 unspecified atom stereocenters. The number of carbonyl (C=O) groups excluding carboxylic acids is 1. The second kappa shape index (κ2) is 11.1. The normalized spacial score (nSPS) is 16.2. The van der Waals surface area contributed by atoms with Crippen LogP contribution in [0.4, 0.5) is 10.5 Å². The minimum Gasteiger partial charge on any atom is -0.497 e. The van der Waals surface area contributed by atoms with Crippen LogP contribution >= 0.6 is 11.8 Å². The maximum Gasteiger partial charge on any atom is 0.321 e. The molecule has 1 spiro atoms. The van der Waals surface area contributed by atoms with Crippen LogP contribution in [0.15, 0.2) is 88.8 Å². The highest BCUT2D eigenvalue weighted by Crippen LogP contribution is 2.37. The van der Waals surface area contributed by atoms with Crippen molar-refractivity contribution in [2.45, 2.75) is 24.3 Å². The van der Waals surface area contributed by atoms with E-state index in [0.29, 0.717) is 43.1 Å². The third-order valence-electron chi connectivity index (χ3n) is 6.60. The molecule has 0 aliphatic carbocycles. The lowest BCUT2D eigenvalue weighted by Crippen LogP contribution is -2.46. The molecule has 3 aromatic rings. The number of urea groups is 1. The van der Waals surface area contributed by atoms with E-state index in [9.17, 15) is 4.79 Å². The summed E-state index contributed by atoms with van der Waals surface area (Å²) in [6, 6.07) is 25.8. The molecule has 1 saturated heterocycles. The fourth-order valence-electron chi connectivity index (χ4n) is 4.52. The zero-order valence-electron chi connectivity index (χ0n) is 21.0. The number of aliphatic imine (C=N–C) groups is 2. The van der Waals surface area contributed by atoms with Gasteiger partial charge in [0, 0.05) is 43.3 Å². The molecule has 1 fully saturated rings. The van der Waals surface area contributed by atoms with Crippen LogP contribution in [-0.4, -0.2) is 54.7 Å². The molecule has 190 valence electrons. The first-order chi connectivity index (χ1) is 18.1. The Hall–Kier alpha value is -3.78. The molecule has 7 nitrogen and oxygen atoms in total. The molecule has 2 aliphatic rings. The van der Waals surface area contributed by atoms with E-state index < -0.39 is 5.66 Å². The van der Waals surface area contributed by atoms with E-state index >= 15 is 0 Å². The molecular formula is C29H30N4O3S. The fraction of sp³-hybridized carbons (Fsp3) is 0.276. The molecule has 5 rings (SSSR count). The Bertz CT molecular complexity index is 1300. The number of benzene rings is 3. The smallest absolute Gasteiger partial charge is 0.321 e. The number of piperidine rings is 1. The predicted octanol–water partition coefficient (Wildman–Crippen LogP) is 5.86. The van der Waals surface area contributed by atoms with Crippen molar-refractivity contribution in [3.63, 3.8) is 0 Å². The lowest BCUT2D eigenvalue weighted by molar-refractivity contribution is 0.175. The molecule has 3 aromatic carbocycles. The van der Waals surface area contributed by atoms with Gasteiger partial charge in [-0.05, 0) is 17.7 Å². The van der Waals surface area contributed by atoms with Crippen LogP contribution in [0.2, 0.25) is 0 Å². The van der Waals surface area contributed by atoms with E-state index in [-0.39, 0.29) is 6.03 Å². The van der Waals surface area contributed by atoms with Gasteiger partial charge in [0.25, 0.3) is 0 Å². The first kappa shape index (κ1) is 24.9. The Balaban J connectivity index is 1.29. The Kier molecular flexibility index (Phi) is 7.46. The van der Waals surface area contributed by atoms with Gasteiger partial charge in [-0.15, -0.1) is 0 Å². The number of hydrogen-bond acceptors (Lipinski definition) is 6. The van der Waals surface area contributed by atoms with Gasteiger partial charge in [-0.3, -0.25) is 4.99 Å². The maximum absolute atomic E-state index is 13.1. The monoisotopic (exact) mass is 514 g/mol. The van der Waals surface area contributed by atoms with Crippen LogP contribution in [-0.2, 0) is 5.75 Å². The summed E-state index contributed by atoms with van der Waals surface area (Å²) in [6.45, 7) is 1.13. The summed E-state index contributed by atoms with van der Waals surface area (Å²) < 4.78 is 10.7. The van der Waals surface area contributed by atoms with Crippen molar-refractivity contribution in [3.8, 4) is 11.5 Å². The molecule has 0 bridgehead atoms. The van der Waals surface area contributed by atoms with Gasteiger partial charge in [-0.25, -0.2) is 9.79 Å². The maximum atomic E-state index is 13.1. The summed E-state index contributed by atoms with van der Waals surface area (Å²) >= 11 is 1.73. The highest BCUT2D eigenvalue weighted by Gasteiger charge is 2.40. The zero-order valence-corrected chi connectivity index (χ0v) is 21.8. The predicted molar refractivity (Wildman–Crippen MR) is 150 cm³/mol. The van der Waals surface area contributed by atoms with Gasteiger partial charge >= 0.3 is 6.03 Å². The van der Waals surface area contributed by atoms with Crippen molar-refractivity contribution >= 4 is 34.2 Å². The first-order valence-electron chi connectivity index (χ1n) is 12.3. The highest BCUT2D eigenvalue weighted by molar-refractivity contribution is 8.15. The summed E-state index contributed by atoms with van der Waals surface area (Å²) in [6.07, 6.45) is 1.35. The Morgan fingerprint density at radius 3 is 2.32 bits per heavy atom. The summed E-state index contributed by atoms with van der Waals surface area (Å²) in [4.78, 5) is 25.2. The van der Waals surface area contributed by atoms with E-state index in [4.69, 9.17) is 19.5 Å². The number of thioether (sulfide) groups is 1. The molecule has 8 heteroatoms. The standard InChI is InChI=1S/C29H30N4O3S/c1-35-23-13-14-24(25(19-23)36-2)30-28(34)33-17-15-29(16-18-33)31-26(22-11-7-4-8-12-22)27(32-29)37-20-21-9-5-3-6-10-21/h3-14,19H,15-18,20H2,1-2H3,(H,30,34). The van der Waals surface area contributed by atoms with E-state index in [2.05, 4.69) is 41.7 Å². The fourth-order valence-corrected chi connectivity index (χ4v) is 5.55. The second-order valence-electron chi connectivity index (χ2n) is 8.98. The number of methoxy groups -OCH3 is 2. The van der Waals surface area contributed by atoms with Crippen molar-refractivity contribution in [2.24, 2.45) is 9.98 Å². The van der Waals surface area contributed by atoms with Crippen LogP contribution in [0.1, 0.15) is 24.0 Å². The number of nitrogens with zero attached hydrogens (tertiary/aromatic N) is 3. The van der Waals surface area contributed by atoms with Crippen LogP contribution in [0.25, 0.3) is 0 Å². The zero-order chi connectivity index (χ0) is 25.7. The molecule has 0 radical (unpaired) electrons. The average Bonchev–Trinajstić information content (AvgIpc) is 3.31. The molecule has 0 atom stereocenters. The van der Waals surface area contributed by atoms with Crippen molar-refractivity contribution in [1.29, 1.82) is 0 Å².